The van der Waals surface area contributed by atoms with Crippen LogP contribution in [0, 0.1) is 12.8 Å². The number of imide groups is 1. The molecule has 0 bridgehead atoms. The van der Waals surface area contributed by atoms with Gasteiger partial charge in [-0.15, -0.1) is 0 Å². The van der Waals surface area contributed by atoms with Gasteiger partial charge in [0.15, 0.2) is 0 Å². The van der Waals surface area contributed by atoms with Crippen LogP contribution in [0.5, 0.6) is 5.75 Å². The van der Waals surface area contributed by atoms with Crippen LogP contribution < -0.4 is 10.1 Å². The largest absolute Gasteiger partial charge is 0.493 e. The molecule has 134 valence electrons. The van der Waals surface area contributed by atoms with E-state index in [-0.39, 0.29) is 11.1 Å². The second kappa shape index (κ2) is 8.56. The van der Waals surface area contributed by atoms with Crippen molar-refractivity contribution in [1.29, 1.82) is 0 Å². The molecule has 1 aromatic carbocycles. The lowest BCUT2D eigenvalue weighted by atomic mass is 9.90. The second-order valence-electron chi connectivity index (χ2n) is 6.89. The van der Waals surface area contributed by atoms with Gasteiger partial charge in [0.05, 0.1) is 6.61 Å². The number of amides is 2. The fourth-order valence-electron chi connectivity index (χ4n) is 3.38. The number of hydrogen-bond acceptors (Lipinski definition) is 4. The summed E-state index contributed by atoms with van der Waals surface area (Å²) in [5.74, 6) is 1.42. The molecule has 1 aromatic rings. The summed E-state index contributed by atoms with van der Waals surface area (Å²) in [6, 6.07) is 6.10. The van der Waals surface area contributed by atoms with Gasteiger partial charge >= 0.3 is 0 Å². The molecule has 1 saturated carbocycles. The van der Waals surface area contributed by atoms with Gasteiger partial charge in [0.25, 0.3) is 5.24 Å². The van der Waals surface area contributed by atoms with Crippen molar-refractivity contribution in [1.82, 2.24) is 5.32 Å². The molecule has 25 heavy (non-hydrogen) atoms. The lowest BCUT2D eigenvalue weighted by Gasteiger charge is -2.22. The second-order valence-corrected chi connectivity index (χ2v) is 7.99. The summed E-state index contributed by atoms with van der Waals surface area (Å²) in [7, 11) is 0. The van der Waals surface area contributed by atoms with E-state index in [2.05, 4.69) is 18.3 Å². The van der Waals surface area contributed by atoms with Crippen LogP contribution in [0.1, 0.15) is 56.1 Å². The van der Waals surface area contributed by atoms with Gasteiger partial charge in [-0.1, -0.05) is 25.3 Å². The van der Waals surface area contributed by atoms with E-state index in [1.807, 2.05) is 18.2 Å². The molecule has 0 unspecified atom stereocenters. The van der Waals surface area contributed by atoms with Crippen molar-refractivity contribution >= 4 is 29.0 Å². The molecule has 5 heteroatoms. The highest BCUT2D eigenvalue weighted by Crippen LogP contribution is 2.29. The van der Waals surface area contributed by atoms with Crippen LogP contribution in [0.3, 0.4) is 0 Å². The molecule has 2 fully saturated rings. The molecule has 1 aliphatic heterocycles. The van der Waals surface area contributed by atoms with Crippen molar-refractivity contribution in [2.24, 2.45) is 5.92 Å². The molecule has 1 heterocycles. The third kappa shape index (κ3) is 5.36. The van der Waals surface area contributed by atoms with Crippen molar-refractivity contribution in [3.63, 3.8) is 0 Å². The number of nitrogens with one attached hydrogen (secondary N) is 1. The fourth-order valence-corrected chi connectivity index (χ4v) is 4.18. The van der Waals surface area contributed by atoms with Gasteiger partial charge in [0, 0.05) is 6.42 Å². The average molecular weight is 359 g/mol. The van der Waals surface area contributed by atoms with Crippen LogP contribution in [0.2, 0.25) is 0 Å². The van der Waals surface area contributed by atoms with Crippen LogP contribution >= 0.6 is 11.8 Å². The summed E-state index contributed by atoms with van der Waals surface area (Å²) in [5.41, 5.74) is 2.14. The Hall–Kier alpha value is -1.75. The number of ether oxygens (including phenoxy) is 1. The van der Waals surface area contributed by atoms with Crippen LogP contribution in [-0.2, 0) is 4.79 Å². The van der Waals surface area contributed by atoms with E-state index >= 15 is 0 Å². The van der Waals surface area contributed by atoms with Crippen LogP contribution in [0.25, 0.3) is 6.08 Å². The summed E-state index contributed by atoms with van der Waals surface area (Å²) in [6.07, 6.45) is 9.51. The molecule has 2 amide bonds. The number of carbonyl (C=O) groups is 2. The summed E-state index contributed by atoms with van der Waals surface area (Å²) in [4.78, 5) is 23.9. The Bertz CT molecular complexity index is 678. The number of thioether (sulfide) groups is 1. The van der Waals surface area contributed by atoms with Crippen LogP contribution in [0.15, 0.2) is 23.1 Å². The minimum Gasteiger partial charge on any atom is -0.493 e. The zero-order valence-corrected chi connectivity index (χ0v) is 15.5. The minimum absolute atomic E-state index is 0.205. The van der Waals surface area contributed by atoms with E-state index in [1.54, 1.807) is 0 Å². The van der Waals surface area contributed by atoms with Gasteiger partial charge in [0.2, 0.25) is 5.91 Å². The predicted octanol–water partition coefficient (Wildman–Crippen LogP) is 5.06. The van der Waals surface area contributed by atoms with Crippen LogP contribution in [0.4, 0.5) is 4.79 Å². The molecule has 4 nitrogen and oxygen atoms in total. The van der Waals surface area contributed by atoms with Gasteiger partial charge in [-0.25, -0.2) is 0 Å². The van der Waals surface area contributed by atoms with E-state index in [9.17, 15) is 9.59 Å². The molecule has 0 radical (unpaired) electrons. The number of carbonyl (C=O) groups excluding carboxylic acids is 2. The minimum atomic E-state index is -0.294. The summed E-state index contributed by atoms with van der Waals surface area (Å²) in [6.45, 7) is 2.86. The highest BCUT2D eigenvalue weighted by atomic mass is 32.2. The highest BCUT2D eigenvalue weighted by molar-refractivity contribution is 8.17. The van der Waals surface area contributed by atoms with Crippen molar-refractivity contribution in [2.75, 3.05) is 6.61 Å². The predicted molar refractivity (Wildman–Crippen MR) is 102 cm³/mol. The Morgan fingerprint density at radius 3 is 2.76 bits per heavy atom. The molecule has 0 atom stereocenters. The standard InChI is InChI=1S/C20H25NO3S/c1-14-11-16(12-17-8-10-19(22)21-20(23)25-17)7-9-18(14)24-13-15-5-3-2-4-6-15/h7,9,11-12,15H,2-6,8,10,13H2,1H3,(H,21,22,23)/b17-12-. The van der Waals surface area contributed by atoms with E-state index < -0.39 is 0 Å². The lowest BCUT2D eigenvalue weighted by molar-refractivity contribution is -0.119. The summed E-state index contributed by atoms with van der Waals surface area (Å²) >= 11 is 1.10. The molecular weight excluding hydrogens is 334 g/mol. The fraction of sp³-hybridized carbons (Fsp3) is 0.500. The Balaban J connectivity index is 1.63. The van der Waals surface area contributed by atoms with Crippen molar-refractivity contribution in [3.8, 4) is 5.75 Å². The highest BCUT2D eigenvalue weighted by Gasteiger charge is 2.17. The van der Waals surface area contributed by atoms with E-state index in [1.165, 1.54) is 32.1 Å². The SMILES string of the molecule is Cc1cc(/C=C2/CCC(=O)NC(=O)S2)ccc1OCC1CCCCC1. The quantitative estimate of drug-likeness (QED) is 0.816. The summed E-state index contributed by atoms with van der Waals surface area (Å²) in [5, 5.41) is 2.06. The Labute approximate surface area is 153 Å². The zero-order chi connectivity index (χ0) is 17.6. The monoisotopic (exact) mass is 359 g/mol. The normalized spacial score (nSPS) is 21.1. The van der Waals surface area contributed by atoms with E-state index in [4.69, 9.17) is 4.74 Å². The van der Waals surface area contributed by atoms with E-state index in [0.29, 0.717) is 18.8 Å². The first-order chi connectivity index (χ1) is 12.1. The molecule has 0 spiro atoms. The third-order valence-corrected chi connectivity index (χ3v) is 5.66. The Kier molecular flexibility index (Phi) is 6.19. The number of allylic oxidation sites excluding steroid dienone is 1. The number of hydrogen-bond donors (Lipinski definition) is 1. The first-order valence-corrected chi connectivity index (χ1v) is 9.87. The topological polar surface area (TPSA) is 55.4 Å². The number of benzene rings is 1. The van der Waals surface area contributed by atoms with Crippen molar-refractivity contribution in [2.45, 2.75) is 51.9 Å². The first-order valence-electron chi connectivity index (χ1n) is 9.06. The molecule has 1 saturated heterocycles. The van der Waals surface area contributed by atoms with Gasteiger partial charge < -0.3 is 4.74 Å². The number of aryl methyl sites for hydroxylation is 1. The maximum atomic E-state index is 11.6. The van der Waals surface area contributed by atoms with Gasteiger partial charge in [-0.3, -0.25) is 14.9 Å². The van der Waals surface area contributed by atoms with Gasteiger partial charge in [-0.2, -0.15) is 0 Å². The van der Waals surface area contributed by atoms with Crippen LogP contribution in [-0.4, -0.2) is 17.8 Å². The molecule has 3 rings (SSSR count). The zero-order valence-electron chi connectivity index (χ0n) is 14.7. The lowest BCUT2D eigenvalue weighted by Crippen LogP contribution is -2.24. The molecule has 0 aromatic heterocycles. The molecule has 1 N–H and O–H groups in total. The van der Waals surface area contributed by atoms with Gasteiger partial charge in [0.1, 0.15) is 5.75 Å². The van der Waals surface area contributed by atoms with E-state index in [0.717, 1.165) is 40.2 Å². The molecule has 2 aliphatic rings. The van der Waals surface area contributed by atoms with Crippen molar-refractivity contribution < 1.29 is 14.3 Å². The first kappa shape index (κ1) is 18.1. The van der Waals surface area contributed by atoms with Gasteiger partial charge in [-0.05, 0) is 78.1 Å². The third-order valence-electron chi connectivity index (χ3n) is 4.79. The van der Waals surface area contributed by atoms with Crippen molar-refractivity contribution in [3.05, 3.63) is 34.2 Å². The maximum absolute atomic E-state index is 11.6. The average Bonchev–Trinajstić information content (AvgIpc) is 2.75. The summed E-state index contributed by atoms with van der Waals surface area (Å²) < 4.78 is 6.04. The Morgan fingerprint density at radius 1 is 1.20 bits per heavy atom. The number of rotatable bonds is 4. The Morgan fingerprint density at radius 2 is 2.00 bits per heavy atom. The smallest absolute Gasteiger partial charge is 0.290 e. The molecule has 1 aliphatic carbocycles. The molecular formula is C20H25NO3S. The maximum Gasteiger partial charge on any atom is 0.290 e.